The predicted octanol–water partition coefficient (Wildman–Crippen LogP) is 3.74. The van der Waals surface area contributed by atoms with E-state index in [-0.39, 0.29) is 6.04 Å². The molecule has 0 saturated carbocycles. The molecule has 2 rings (SSSR count). The van der Waals surface area contributed by atoms with Crippen molar-refractivity contribution < 1.29 is 0 Å². The Kier molecular flexibility index (Phi) is 4.95. The molecule has 6 heteroatoms. The molecule has 0 saturated heterocycles. The van der Waals surface area contributed by atoms with Crippen LogP contribution in [0.3, 0.4) is 0 Å². The molecule has 0 fully saturated rings. The Morgan fingerprint density at radius 3 is 2.83 bits per heavy atom. The van der Waals surface area contributed by atoms with Gasteiger partial charge in [-0.2, -0.15) is 0 Å². The van der Waals surface area contributed by atoms with E-state index in [0.717, 1.165) is 24.2 Å². The van der Waals surface area contributed by atoms with E-state index in [1.165, 1.54) is 11.5 Å². The van der Waals surface area contributed by atoms with Crippen LogP contribution in [0.4, 0.5) is 0 Å². The molecule has 0 aliphatic rings. The van der Waals surface area contributed by atoms with Crippen molar-refractivity contribution in [1.82, 2.24) is 14.9 Å². The van der Waals surface area contributed by atoms with Gasteiger partial charge in [0.15, 0.2) is 0 Å². The van der Waals surface area contributed by atoms with Gasteiger partial charge in [-0.15, -0.1) is 5.10 Å². The normalized spacial score (nSPS) is 12.6. The van der Waals surface area contributed by atoms with Crippen molar-refractivity contribution in [3.8, 4) is 0 Å². The van der Waals surface area contributed by atoms with Crippen molar-refractivity contribution in [2.24, 2.45) is 0 Å². The molecule has 0 spiro atoms. The van der Waals surface area contributed by atoms with E-state index in [9.17, 15) is 0 Å². The zero-order chi connectivity index (χ0) is 13.0. The molecule has 0 aliphatic carbocycles. The van der Waals surface area contributed by atoms with Crippen molar-refractivity contribution in [2.75, 3.05) is 6.54 Å². The maximum absolute atomic E-state index is 6.19. The predicted molar refractivity (Wildman–Crippen MR) is 76.5 cm³/mol. The number of nitrogens with zero attached hydrogens (tertiary/aromatic N) is 2. The molecule has 1 atom stereocenters. The molecule has 1 heterocycles. The van der Waals surface area contributed by atoms with E-state index in [4.69, 9.17) is 23.2 Å². The molecule has 0 aliphatic heterocycles. The van der Waals surface area contributed by atoms with E-state index in [2.05, 4.69) is 21.8 Å². The van der Waals surface area contributed by atoms with E-state index >= 15 is 0 Å². The molecule has 1 unspecified atom stereocenters. The fourth-order valence-electron chi connectivity index (χ4n) is 1.76. The summed E-state index contributed by atoms with van der Waals surface area (Å²) in [6.45, 7) is 2.93. The summed E-state index contributed by atoms with van der Waals surface area (Å²) in [6.07, 6.45) is 0.773. The first kappa shape index (κ1) is 13.7. The highest BCUT2D eigenvalue weighted by molar-refractivity contribution is 7.03. The Labute approximate surface area is 120 Å². The maximum Gasteiger partial charge on any atom is 0.0928 e. The first-order valence-electron chi connectivity index (χ1n) is 5.65. The monoisotopic (exact) mass is 301 g/mol. The van der Waals surface area contributed by atoms with E-state index in [1.54, 1.807) is 6.07 Å². The van der Waals surface area contributed by atoms with Crippen molar-refractivity contribution in [3.05, 3.63) is 44.9 Å². The molecule has 1 aromatic carbocycles. The minimum atomic E-state index is 0.132. The first-order chi connectivity index (χ1) is 8.70. The van der Waals surface area contributed by atoms with Gasteiger partial charge in [-0.1, -0.05) is 40.7 Å². The summed E-state index contributed by atoms with van der Waals surface area (Å²) in [5.41, 5.74) is 2.01. The van der Waals surface area contributed by atoms with Crippen LogP contribution in [0.15, 0.2) is 23.6 Å². The van der Waals surface area contributed by atoms with Gasteiger partial charge in [0.2, 0.25) is 0 Å². The minimum Gasteiger partial charge on any atom is -0.309 e. The van der Waals surface area contributed by atoms with Crippen LogP contribution in [-0.4, -0.2) is 16.1 Å². The summed E-state index contributed by atoms with van der Waals surface area (Å²) in [4.78, 5) is 0. The zero-order valence-corrected chi connectivity index (χ0v) is 12.2. The molecule has 3 nitrogen and oxygen atoms in total. The van der Waals surface area contributed by atoms with Gasteiger partial charge in [0.25, 0.3) is 0 Å². The summed E-state index contributed by atoms with van der Waals surface area (Å²) in [5.74, 6) is 0. The number of aromatic nitrogens is 2. The largest absolute Gasteiger partial charge is 0.309 e. The highest BCUT2D eigenvalue weighted by Crippen LogP contribution is 2.25. The molecule has 1 aromatic heterocycles. The topological polar surface area (TPSA) is 37.8 Å². The summed E-state index contributed by atoms with van der Waals surface area (Å²) in [5, 5.41) is 10.8. The number of nitrogens with one attached hydrogen (secondary N) is 1. The Morgan fingerprint density at radius 2 is 2.22 bits per heavy atom. The fourth-order valence-corrected chi connectivity index (χ4v) is 2.75. The van der Waals surface area contributed by atoms with Gasteiger partial charge in [-0.3, -0.25) is 0 Å². The quantitative estimate of drug-likeness (QED) is 0.914. The summed E-state index contributed by atoms with van der Waals surface area (Å²) in [6, 6.07) is 5.70. The lowest BCUT2D eigenvalue weighted by Crippen LogP contribution is -2.23. The summed E-state index contributed by atoms with van der Waals surface area (Å²) >= 11 is 13.4. The van der Waals surface area contributed by atoms with Gasteiger partial charge in [0.1, 0.15) is 0 Å². The maximum atomic E-state index is 6.19. The molecule has 0 amide bonds. The van der Waals surface area contributed by atoms with Crippen molar-refractivity contribution in [2.45, 2.75) is 19.4 Å². The average molecular weight is 302 g/mol. The van der Waals surface area contributed by atoms with Crippen LogP contribution in [-0.2, 0) is 6.42 Å². The van der Waals surface area contributed by atoms with Crippen LogP contribution < -0.4 is 5.32 Å². The van der Waals surface area contributed by atoms with Crippen LogP contribution >= 0.6 is 34.7 Å². The SMILES string of the molecule is CCNC(Cc1ccc(Cl)cc1Cl)c1csnn1. The zero-order valence-electron chi connectivity index (χ0n) is 9.86. The number of halogens is 2. The Hall–Kier alpha value is -0.680. The molecule has 18 heavy (non-hydrogen) atoms. The third-order valence-corrected chi connectivity index (χ3v) is 3.73. The van der Waals surface area contributed by atoms with Crippen molar-refractivity contribution in [1.29, 1.82) is 0 Å². The second-order valence-electron chi connectivity index (χ2n) is 3.88. The highest BCUT2D eigenvalue weighted by atomic mass is 35.5. The van der Waals surface area contributed by atoms with E-state index < -0.39 is 0 Å². The standard InChI is InChI=1S/C12H13Cl2N3S/c1-2-15-11(12-7-18-17-16-12)5-8-3-4-9(13)6-10(8)14/h3-4,6-7,11,15H,2,5H2,1H3. The van der Waals surface area contributed by atoms with Gasteiger partial charge in [0.05, 0.1) is 11.7 Å². The van der Waals surface area contributed by atoms with Crippen LogP contribution in [0, 0.1) is 0 Å². The lowest BCUT2D eigenvalue weighted by molar-refractivity contribution is 0.535. The minimum absolute atomic E-state index is 0.132. The molecule has 1 N–H and O–H groups in total. The van der Waals surface area contributed by atoms with Crippen LogP contribution in [0.5, 0.6) is 0 Å². The lowest BCUT2D eigenvalue weighted by atomic mass is 10.0. The fraction of sp³-hybridized carbons (Fsp3) is 0.333. The average Bonchev–Trinajstić information content (AvgIpc) is 2.85. The smallest absolute Gasteiger partial charge is 0.0928 e. The molecule has 2 aromatic rings. The number of rotatable bonds is 5. The first-order valence-corrected chi connectivity index (χ1v) is 7.24. The molecule has 96 valence electrons. The number of hydrogen-bond donors (Lipinski definition) is 1. The number of likely N-dealkylation sites (N-methyl/N-ethyl adjacent to an activating group) is 1. The van der Waals surface area contributed by atoms with Crippen LogP contribution in [0.1, 0.15) is 24.2 Å². The number of benzene rings is 1. The van der Waals surface area contributed by atoms with Gasteiger partial charge in [-0.05, 0) is 42.2 Å². The number of hydrogen-bond acceptors (Lipinski definition) is 4. The Morgan fingerprint density at radius 1 is 1.39 bits per heavy atom. The van der Waals surface area contributed by atoms with Crippen LogP contribution in [0.25, 0.3) is 0 Å². The Bertz CT molecular complexity index is 502. The molecule has 0 radical (unpaired) electrons. The molecular formula is C12H13Cl2N3S. The van der Waals surface area contributed by atoms with Gasteiger partial charge >= 0.3 is 0 Å². The third-order valence-electron chi connectivity index (χ3n) is 2.62. The third kappa shape index (κ3) is 3.42. The van der Waals surface area contributed by atoms with Crippen molar-refractivity contribution >= 4 is 34.7 Å². The van der Waals surface area contributed by atoms with Crippen LogP contribution in [0.2, 0.25) is 10.0 Å². The Balaban J connectivity index is 2.18. The van der Waals surface area contributed by atoms with E-state index in [1.807, 2.05) is 17.5 Å². The van der Waals surface area contributed by atoms with Gasteiger partial charge in [-0.25, -0.2) is 0 Å². The summed E-state index contributed by atoms with van der Waals surface area (Å²) < 4.78 is 3.90. The van der Waals surface area contributed by atoms with Crippen molar-refractivity contribution in [3.63, 3.8) is 0 Å². The van der Waals surface area contributed by atoms with Gasteiger partial charge in [0, 0.05) is 15.4 Å². The molecular weight excluding hydrogens is 289 g/mol. The van der Waals surface area contributed by atoms with E-state index in [0.29, 0.717) is 10.0 Å². The highest BCUT2D eigenvalue weighted by Gasteiger charge is 2.15. The second-order valence-corrected chi connectivity index (χ2v) is 5.33. The summed E-state index contributed by atoms with van der Waals surface area (Å²) in [7, 11) is 0. The second kappa shape index (κ2) is 6.48. The van der Waals surface area contributed by atoms with Gasteiger partial charge < -0.3 is 5.32 Å². The molecule has 0 bridgehead atoms. The lowest BCUT2D eigenvalue weighted by Gasteiger charge is -2.16.